The number of rotatable bonds is 4. The second-order valence-electron chi connectivity index (χ2n) is 7.86. The Labute approximate surface area is 175 Å². The summed E-state index contributed by atoms with van der Waals surface area (Å²) in [6, 6.07) is 12.2. The summed E-state index contributed by atoms with van der Waals surface area (Å²) in [6.07, 6.45) is 4.81. The van der Waals surface area contributed by atoms with Crippen molar-refractivity contribution in [2.45, 2.75) is 61.7 Å². The third kappa shape index (κ3) is 3.85. The molecule has 1 saturated heterocycles. The van der Waals surface area contributed by atoms with Crippen molar-refractivity contribution < 1.29 is 13.7 Å². The molecule has 1 amide bonds. The van der Waals surface area contributed by atoms with E-state index in [1.165, 1.54) is 12.0 Å². The van der Waals surface area contributed by atoms with Crippen LogP contribution in [0.25, 0.3) is 0 Å². The van der Waals surface area contributed by atoms with E-state index >= 15 is 0 Å². The Kier molecular flexibility index (Phi) is 6.04. The van der Waals surface area contributed by atoms with E-state index in [1.54, 1.807) is 0 Å². The quantitative estimate of drug-likeness (QED) is 0.708. The van der Waals surface area contributed by atoms with Crippen LogP contribution in [0.3, 0.4) is 0 Å². The molecule has 154 valence electrons. The lowest BCUT2D eigenvalue weighted by molar-refractivity contribution is 0.0922. The number of piperidine rings is 1. The Morgan fingerprint density at radius 3 is 2.55 bits per heavy atom. The lowest BCUT2D eigenvalue weighted by Gasteiger charge is -2.31. The van der Waals surface area contributed by atoms with Gasteiger partial charge >= 0.3 is 6.09 Å². The van der Waals surface area contributed by atoms with E-state index in [0.29, 0.717) is 0 Å². The summed E-state index contributed by atoms with van der Waals surface area (Å²) in [5.41, 5.74) is 4.45. The number of hydrogen-bond acceptors (Lipinski definition) is 3. The molecule has 2 unspecified atom stereocenters. The summed E-state index contributed by atoms with van der Waals surface area (Å²) in [6.45, 7) is 6.09. The molecule has 1 fully saturated rings. The molecule has 2 aromatic carbocycles. The maximum Gasteiger partial charge on any atom is 0.409 e. The fourth-order valence-electron chi connectivity index (χ4n) is 4.45. The second-order valence-corrected chi connectivity index (χ2v) is 9.25. The molecule has 4 nitrogen and oxygen atoms in total. The number of likely N-dealkylation sites (tertiary alicyclic amines) is 1. The number of hydrogen-bond donors (Lipinski definition) is 0. The fraction of sp³-hybridized carbons (Fsp3) is 0.458. The van der Waals surface area contributed by atoms with Gasteiger partial charge in [-0.05, 0) is 60.4 Å². The van der Waals surface area contributed by atoms with Crippen LogP contribution in [0, 0.1) is 0 Å². The smallest absolute Gasteiger partial charge is 0.409 e. The van der Waals surface area contributed by atoms with Crippen LogP contribution in [-0.4, -0.2) is 34.9 Å². The largest absolute Gasteiger partial charge is 0.448 e. The van der Waals surface area contributed by atoms with Gasteiger partial charge in [-0.25, -0.2) is 9.00 Å². The second kappa shape index (κ2) is 8.70. The molecule has 0 aromatic heterocycles. The molecule has 4 rings (SSSR count). The van der Waals surface area contributed by atoms with Gasteiger partial charge in [-0.1, -0.05) is 44.2 Å². The van der Waals surface area contributed by atoms with E-state index in [0.717, 1.165) is 65.3 Å². The van der Waals surface area contributed by atoms with E-state index in [-0.39, 0.29) is 18.6 Å². The van der Waals surface area contributed by atoms with Gasteiger partial charge in [0.15, 0.2) is 0 Å². The standard InChI is InChI=1S/C24H29NO3S/c1-3-17-14-18(4-2)23-20(15-17)21(19-10-6-7-11-22(19)29(23)27)16-28-24(26)25-12-8-5-9-13-25/h6-7,10-11,14-15,21H,3-5,8-9,12-13,16H2,1-2H3. The molecule has 0 bridgehead atoms. The molecular weight excluding hydrogens is 382 g/mol. The highest BCUT2D eigenvalue weighted by molar-refractivity contribution is 7.85. The topological polar surface area (TPSA) is 46.6 Å². The van der Waals surface area contributed by atoms with Crippen molar-refractivity contribution in [3.05, 3.63) is 58.7 Å². The van der Waals surface area contributed by atoms with Gasteiger partial charge < -0.3 is 9.64 Å². The van der Waals surface area contributed by atoms with Gasteiger partial charge in [0.1, 0.15) is 6.61 Å². The van der Waals surface area contributed by atoms with E-state index in [2.05, 4.69) is 26.0 Å². The lowest BCUT2D eigenvalue weighted by Crippen LogP contribution is -2.37. The molecule has 0 saturated carbocycles. The molecule has 5 heteroatoms. The maximum absolute atomic E-state index is 13.4. The molecule has 29 heavy (non-hydrogen) atoms. The van der Waals surface area contributed by atoms with Gasteiger partial charge in [0, 0.05) is 23.9 Å². The van der Waals surface area contributed by atoms with Crippen molar-refractivity contribution in [1.29, 1.82) is 0 Å². The van der Waals surface area contributed by atoms with Gasteiger partial charge in [0.25, 0.3) is 0 Å². The van der Waals surface area contributed by atoms with Gasteiger partial charge in [-0.3, -0.25) is 0 Å². The predicted molar refractivity (Wildman–Crippen MR) is 115 cm³/mol. The molecule has 2 aliphatic rings. The molecule has 0 N–H and O–H groups in total. The zero-order valence-electron chi connectivity index (χ0n) is 17.3. The minimum atomic E-state index is -1.20. The Morgan fingerprint density at radius 2 is 1.83 bits per heavy atom. The highest BCUT2D eigenvalue weighted by Gasteiger charge is 2.33. The van der Waals surface area contributed by atoms with Crippen LogP contribution in [-0.2, 0) is 28.4 Å². The van der Waals surface area contributed by atoms with Crippen LogP contribution < -0.4 is 0 Å². The number of fused-ring (bicyclic) bond motifs is 2. The SMILES string of the molecule is CCc1cc(CC)c2c(c1)C(COC(=O)N1CCCCC1)c1ccccc1S2=O. The first kappa shape index (κ1) is 20.1. The zero-order valence-corrected chi connectivity index (χ0v) is 18.1. The van der Waals surface area contributed by atoms with E-state index in [4.69, 9.17) is 4.74 Å². The first-order chi connectivity index (χ1) is 14.1. The van der Waals surface area contributed by atoms with Gasteiger partial charge in [-0.15, -0.1) is 0 Å². The van der Waals surface area contributed by atoms with Crippen molar-refractivity contribution in [1.82, 2.24) is 4.90 Å². The first-order valence-corrected chi connectivity index (χ1v) is 11.9. The molecule has 2 aromatic rings. The summed E-state index contributed by atoms with van der Waals surface area (Å²) < 4.78 is 19.2. The normalized spacial score (nSPS) is 20.7. The third-order valence-corrected chi connectivity index (χ3v) is 7.73. The van der Waals surface area contributed by atoms with Gasteiger partial charge in [-0.2, -0.15) is 0 Å². The Hall–Kier alpha value is -2.14. The first-order valence-electron chi connectivity index (χ1n) is 10.7. The van der Waals surface area contributed by atoms with Crippen molar-refractivity contribution >= 4 is 16.9 Å². The van der Waals surface area contributed by atoms with E-state index in [9.17, 15) is 9.00 Å². The van der Waals surface area contributed by atoms with Crippen LogP contribution in [0.4, 0.5) is 4.79 Å². The van der Waals surface area contributed by atoms with Crippen LogP contribution >= 0.6 is 0 Å². The lowest BCUT2D eigenvalue weighted by atomic mass is 9.88. The zero-order chi connectivity index (χ0) is 20.4. The fourth-order valence-corrected chi connectivity index (χ4v) is 6.15. The molecule has 2 heterocycles. The van der Waals surface area contributed by atoms with Gasteiger partial charge in [0.05, 0.1) is 15.7 Å². The Balaban J connectivity index is 1.70. The van der Waals surface area contributed by atoms with Gasteiger partial charge in [0.2, 0.25) is 0 Å². The highest BCUT2D eigenvalue weighted by Crippen LogP contribution is 2.42. The van der Waals surface area contributed by atoms with Crippen LogP contribution in [0.15, 0.2) is 46.2 Å². The molecule has 0 aliphatic carbocycles. The molecule has 0 radical (unpaired) electrons. The number of aryl methyl sites for hydroxylation is 2. The monoisotopic (exact) mass is 411 g/mol. The number of benzene rings is 2. The number of ether oxygens (including phenoxy) is 1. The minimum Gasteiger partial charge on any atom is -0.448 e. The average molecular weight is 412 g/mol. The van der Waals surface area contributed by atoms with Crippen molar-refractivity contribution in [3.63, 3.8) is 0 Å². The van der Waals surface area contributed by atoms with Crippen molar-refractivity contribution in [2.24, 2.45) is 0 Å². The van der Waals surface area contributed by atoms with Crippen molar-refractivity contribution in [2.75, 3.05) is 19.7 Å². The number of carbonyl (C=O) groups excluding carboxylic acids is 1. The number of nitrogens with zero attached hydrogens (tertiary/aromatic N) is 1. The highest BCUT2D eigenvalue weighted by atomic mass is 32.2. The average Bonchev–Trinajstić information content (AvgIpc) is 2.78. The summed E-state index contributed by atoms with van der Waals surface area (Å²) in [7, 11) is -1.20. The summed E-state index contributed by atoms with van der Waals surface area (Å²) in [4.78, 5) is 16.2. The summed E-state index contributed by atoms with van der Waals surface area (Å²) in [5.74, 6) is -0.0792. The minimum absolute atomic E-state index is 0.0792. The van der Waals surface area contributed by atoms with Crippen molar-refractivity contribution in [3.8, 4) is 0 Å². The number of amides is 1. The van der Waals surface area contributed by atoms with Crippen LogP contribution in [0.5, 0.6) is 0 Å². The summed E-state index contributed by atoms with van der Waals surface area (Å²) in [5, 5.41) is 0. The Morgan fingerprint density at radius 1 is 1.07 bits per heavy atom. The van der Waals surface area contributed by atoms with E-state index in [1.807, 2.05) is 29.2 Å². The molecule has 0 spiro atoms. The van der Waals surface area contributed by atoms with E-state index < -0.39 is 10.8 Å². The molecule has 2 atom stereocenters. The summed E-state index contributed by atoms with van der Waals surface area (Å²) >= 11 is 0. The van der Waals surface area contributed by atoms with Crippen LogP contribution in [0.2, 0.25) is 0 Å². The third-order valence-electron chi connectivity index (χ3n) is 6.09. The molecular formula is C24H29NO3S. The van der Waals surface area contributed by atoms with Crippen LogP contribution in [0.1, 0.15) is 61.3 Å². The Bertz CT molecular complexity index is 934. The maximum atomic E-state index is 13.4. The number of carbonyl (C=O) groups is 1. The molecule has 2 aliphatic heterocycles. The predicted octanol–water partition coefficient (Wildman–Crippen LogP) is 5.05.